The summed E-state index contributed by atoms with van der Waals surface area (Å²) in [5.74, 6) is 0.782. The molecule has 1 atom stereocenters. The number of nitrogens with two attached hydrogens (primary N) is 1. The molecule has 0 saturated heterocycles. The van der Waals surface area contributed by atoms with E-state index in [-0.39, 0.29) is 0 Å². The summed E-state index contributed by atoms with van der Waals surface area (Å²) in [6.07, 6.45) is 5.21. The molecular formula is C11H28N2. The quantitative estimate of drug-likeness (QED) is 0.717. The van der Waals surface area contributed by atoms with Crippen LogP contribution < -0.4 is 5.73 Å². The van der Waals surface area contributed by atoms with E-state index in [9.17, 15) is 0 Å². The highest BCUT2D eigenvalue weighted by molar-refractivity contribution is 4.56. The standard InChI is InChI=1S/C8H19N.C3H9N/c1-3-5-6-8(4-2)7-9;1-4(2)3/h8H,3-7,9H2,1-2H3;1-3H3. The second-order valence-corrected chi connectivity index (χ2v) is 3.99. The fourth-order valence-corrected chi connectivity index (χ4v) is 0.981. The number of rotatable bonds is 5. The van der Waals surface area contributed by atoms with Crippen molar-refractivity contribution in [2.45, 2.75) is 39.5 Å². The van der Waals surface area contributed by atoms with Gasteiger partial charge in [-0.3, -0.25) is 0 Å². The number of nitrogens with zero attached hydrogens (tertiary/aromatic N) is 1. The third-order valence-corrected chi connectivity index (χ3v) is 1.88. The van der Waals surface area contributed by atoms with Gasteiger partial charge in [0.25, 0.3) is 0 Å². The number of hydrogen-bond acceptors (Lipinski definition) is 2. The lowest BCUT2D eigenvalue weighted by atomic mass is 10.00. The second-order valence-electron chi connectivity index (χ2n) is 3.99. The molecule has 0 saturated carbocycles. The average molecular weight is 188 g/mol. The monoisotopic (exact) mass is 188 g/mol. The summed E-state index contributed by atoms with van der Waals surface area (Å²) in [7, 11) is 6.00. The van der Waals surface area contributed by atoms with Crippen molar-refractivity contribution in [1.82, 2.24) is 4.90 Å². The fourth-order valence-electron chi connectivity index (χ4n) is 0.981. The highest BCUT2D eigenvalue weighted by Crippen LogP contribution is 2.09. The first-order valence-electron chi connectivity index (χ1n) is 5.39. The SMILES string of the molecule is CCCCC(CC)CN.CN(C)C. The molecule has 0 amide bonds. The zero-order chi connectivity index (χ0) is 10.7. The lowest BCUT2D eigenvalue weighted by Crippen LogP contribution is -2.12. The van der Waals surface area contributed by atoms with Crippen molar-refractivity contribution in [2.75, 3.05) is 27.7 Å². The van der Waals surface area contributed by atoms with Crippen LogP contribution in [-0.4, -0.2) is 32.6 Å². The molecule has 0 aliphatic heterocycles. The van der Waals surface area contributed by atoms with Crippen LogP contribution in [0.4, 0.5) is 0 Å². The molecular weight excluding hydrogens is 160 g/mol. The Labute approximate surface area is 84.5 Å². The molecule has 0 radical (unpaired) electrons. The third kappa shape index (κ3) is 18.7. The molecule has 0 aromatic heterocycles. The van der Waals surface area contributed by atoms with Crippen LogP contribution in [0.3, 0.4) is 0 Å². The summed E-state index contributed by atoms with van der Waals surface area (Å²) < 4.78 is 0. The van der Waals surface area contributed by atoms with E-state index in [1.165, 1.54) is 25.7 Å². The lowest BCUT2D eigenvalue weighted by Gasteiger charge is -2.09. The molecule has 0 aliphatic carbocycles. The van der Waals surface area contributed by atoms with E-state index in [1.807, 2.05) is 26.0 Å². The Kier molecular flexibility index (Phi) is 14.1. The van der Waals surface area contributed by atoms with Gasteiger partial charge in [-0.15, -0.1) is 0 Å². The summed E-state index contributed by atoms with van der Waals surface area (Å²) in [4.78, 5) is 2.00. The van der Waals surface area contributed by atoms with E-state index in [2.05, 4.69) is 13.8 Å². The second kappa shape index (κ2) is 11.9. The molecule has 13 heavy (non-hydrogen) atoms. The van der Waals surface area contributed by atoms with Gasteiger partial charge in [0.15, 0.2) is 0 Å². The molecule has 2 heteroatoms. The Bertz CT molecular complexity index is 75.4. The van der Waals surface area contributed by atoms with E-state index in [0.717, 1.165) is 12.5 Å². The van der Waals surface area contributed by atoms with Gasteiger partial charge in [0.05, 0.1) is 0 Å². The van der Waals surface area contributed by atoms with Crippen LogP contribution in [-0.2, 0) is 0 Å². The lowest BCUT2D eigenvalue weighted by molar-refractivity contribution is 0.461. The van der Waals surface area contributed by atoms with E-state index >= 15 is 0 Å². The van der Waals surface area contributed by atoms with Crippen LogP contribution >= 0.6 is 0 Å². The molecule has 0 fully saturated rings. The summed E-state index contributed by atoms with van der Waals surface area (Å²) in [6.45, 7) is 5.31. The molecule has 2 N–H and O–H groups in total. The zero-order valence-electron chi connectivity index (χ0n) is 10.1. The van der Waals surface area contributed by atoms with Crippen LogP contribution in [0.5, 0.6) is 0 Å². The maximum Gasteiger partial charge on any atom is -0.00490 e. The van der Waals surface area contributed by atoms with Gasteiger partial charge in [-0.05, 0) is 40.0 Å². The number of hydrogen-bond donors (Lipinski definition) is 1. The third-order valence-electron chi connectivity index (χ3n) is 1.88. The molecule has 1 unspecified atom stereocenters. The van der Waals surface area contributed by atoms with Crippen molar-refractivity contribution in [2.24, 2.45) is 11.7 Å². The molecule has 0 rings (SSSR count). The molecule has 0 aromatic carbocycles. The molecule has 0 bridgehead atoms. The summed E-state index contributed by atoms with van der Waals surface area (Å²) >= 11 is 0. The maximum atomic E-state index is 5.52. The highest BCUT2D eigenvalue weighted by Gasteiger charge is 2.00. The van der Waals surface area contributed by atoms with E-state index < -0.39 is 0 Å². The van der Waals surface area contributed by atoms with Gasteiger partial charge in [0.2, 0.25) is 0 Å². The Morgan fingerprint density at radius 1 is 1.15 bits per heavy atom. The molecule has 82 valence electrons. The minimum absolute atomic E-state index is 0.782. The Balaban J connectivity index is 0. The minimum Gasteiger partial charge on any atom is -0.330 e. The fraction of sp³-hybridized carbons (Fsp3) is 1.00. The summed E-state index contributed by atoms with van der Waals surface area (Å²) in [6, 6.07) is 0. The van der Waals surface area contributed by atoms with Gasteiger partial charge in [-0.2, -0.15) is 0 Å². The van der Waals surface area contributed by atoms with Gasteiger partial charge >= 0.3 is 0 Å². The predicted molar refractivity (Wildman–Crippen MR) is 62.0 cm³/mol. The zero-order valence-corrected chi connectivity index (χ0v) is 10.1. The Hall–Kier alpha value is -0.0800. The van der Waals surface area contributed by atoms with Gasteiger partial charge in [-0.25, -0.2) is 0 Å². The van der Waals surface area contributed by atoms with Crippen molar-refractivity contribution >= 4 is 0 Å². The molecule has 0 heterocycles. The largest absolute Gasteiger partial charge is 0.330 e. The van der Waals surface area contributed by atoms with Crippen molar-refractivity contribution < 1.29 is 0 Å². The number of unbranched alkanes of at least 4 members (excludes halogenated alkanes) is 1. The summed E-state index contributed by atoms with van der Waals surface area (Å²) in [5, 5.41) is 0. The van der Waals surface area contributed by atoms with E-state index in [0.29, 0.717) is 0 Å². The highest BCUT2D eigenvalue weighted by atomic mass is 15.0. The summed E-state index contributed by atoms with van der Waals surface area (Å²) in [5.41, 5.74) is 5.52. The van der Waals surface area contributed by atoms with Gasteiger partial charge in [-0.1, -0.05) is 33.1 Å². The Morgan fingerprint density at radius 3 is 1.85 bits per heavy atom. The molecule has 0 aromatic rings. The van der Waals surface area contributed by atoms with Crippen molar-refractivity contribution in [1.29, 1.82) is 0 Å². The predicted octanol–water partition coefficient (Wildman–Crippen LogP) is 2.34. The Morgan fingerprint density at radius 2 is 1.62 bits per heavy atom. The first-order chi connectivity index (χ1) is 6.08. The topological polar surface area (TPSA) is 29.3 Å². The van der Waals surface area contributed by atoms with E-state index in [1.54, 1.807) is 0 Å². The van der Waals surface area contributed by atoms with Crippen molar-refractivity contribution in [3.05, 3.63) is 0 Å². The van der Waals surface area contributed by atoms with Gasteiger partial charge in [0, 0.05) is 0 Å². The van der Waals surface area contributed by atoms with Gasteiger partial charge < -0.3 is 10.6 Å². The molecule has 0 aliphatic rings. The van der Waals surface area contributed by atoms with Crippen LogP contribution in [0, 0.1) is 5.92 Å². The first-order valence-corrected chi connectivity index (χ1v) is 5.39. The van der Waals surface area contributed by atoms with Crippen molar-refractivity contribution in [3.63, 3.8) is 0 Å². The minimum atomic E-state index is 0.782. The maximum absolute atomic E-state index is 5.52. The first kappa shape index (κ1) is 15.4. The van der Waals surface area contributed by atoms with Crippen molar-refractivity contribution in [3.8, 4) is 0 Å². The van der Waals surface area contributed by atoms with Gasteiger partial charge in [0.1, 0.15) is 0 Å². The van der Waals surface area contributed by atoms with Crippen LogP contribution in [0.15, 0.2) is 0 Å². The average Bonchev–Trinajstić information content (AvgIpc) is 2.06. The van der Waals surface area contributed by atoms with Crippen LogP contribution in [0.2, 0.25) is 0 Å². The van der Waals surface area contributed by atoms with Crippen LogP contribution in [0.1, 0.15) is 39.5 Å². The normalized spacial score (nSPS) is 12.2. The smallest absolute Gasteiger partial charge is 0.00490 e. The van der Waals surface area contributed by atoms with Crippen LogP contribution in [0.25, 0.3) is 0 Å². The molecule has 2 nitrogen and oxygen atoms in total. The molecule has 0 spiro atoms. The van der Waals surface area contributed by atoms with E-state index in [4.69, 9.17) is 5.73 Å².